The third kappa shape index (κ3) is 2.08. The van der Waals surface area contributed by atoms with Crippen LogP contribution in [0, 0.1) is 0 Å². The van der Waals surface area contributed by atoms with Crippen LogP contribution in [0.15, 0.2) is 29.2 Å². The van der Waals surface area contributed by atoms with Gasteiger partial charge in [0, 0.05) is 11.9 Å². The molecule has 1 aromatic rings. The van der Waals surface area contributed by atoms with Crippen LogP contribution in [0.3, 0.4) is 0 Å². The van der Waals surface area contributed by atoms with Gasteiger partial charge >= 0.3 is 0 Å². The summed E-state index contributed by atoms with van der Waals surface area (Å²) in [6, 6.07) is 5.61. The number of carbonyl (C=O) groups is 1. The molecule has 0 heterocycles. The van der Waals surface area contributed by atoms with Crippen LogP contribution >= 0.6 is 11.6 Å². The number of hydrogen-bond acceptors (Lipinski definition) is 3. The number of benzene rings is 1. The average Bonchev–Trinajstić information content (AvgIpc) is 2.04. The van der Waals surface area contributed by atoms with E-state index in [1.165, 1.54) is 18.2 Å². The Morgan fingerprint density at radius 1 is 1.38 bits per heavy atom. The summed E-state index contributed by atoms with van der Waals surface area (Å²) in [6.07, 6.45) is 0. The fourth-order valence-electron chi connectivity index (χ4n) is 0.800. The standard InChI is InChI=1S/C8H7ClO3S/c1-6(10)13(11,12)8-4-2-3-7(9)5-8/h2-5H,1H3. The Morgan fingerprint density at radius 2 is 2.00 bits per heavy atom. The maximum absolute atomic E-state index is 11.3. The Balaban J connectivity index is 3.32. The summed E-state index contributed by atoms with van der Waals surface area (Å²) in [6.45, 7) is 1.01. The van der Waals surface area contributed by atoms with Gasteiger partial charge in [-0.25, -0.2) is 8.42 Å². The van der Waals surface area contributed by atoms with Crippen molar-refractivity contribution in [3.8, 4) is 0 Å². The zero-order chi connectivity index (χ0) is 10.1. The van der Waals surface area contributed by atoms with Gasteiger partial charge in [-0.1, -0.05) is 17.7 Å². The van der Waals surface area contributed by atoms with E-state index >= 15 is 0 Å². The fraction of sp³-hybridized carbons (Fsp3) is 0.125. The molecule has 3 nitrogen and oxygen atoms in total. The third-order valence-corrected chi connectivity index (χ3v) is 3.35. The molecule has 0 saturated carbocycles. The minimum Gasteiger partial charge on any atom is -0.282 e. The number of rotatable bonds is 1. The number of sulfone groups is 1. The molecule has 0 bridgehead atoms. The van der Waals surface area contributed by atoms with E-state index in [2.05, 4.69) is 0 Å². The van der Waals surface area contributed by atoms with Crippen LogP contribution < -0.4 is 0 Å². The molecule has 0 saturated heterocycles. The second-order valence-corrected chi connectivity index (χ2v) is 4.94. The van der Waals surface area contributed by atoms with Crippen molar-refractivity contribution in [1.29, 1.82) is 0 Å². The van der Waals surface area contributed by atoms with Gasteiger partial charge in [-0.05, 0) is 18.2 Å². The summed E-state index contributed by atoms with van der Waals surface area (Å²) in [5.74, 6) is 0. The van der Waals surface area contributed by atoms with E-state index in [0.717, 1.165) is 6.92 Å². The maximum atomic E-state index is 11.3. The first-order valence-electron chi connectivity index (χ1n) is 3.46. The molecular weight excluding hydrogens is 212 g/mol. The Morgan fingerprint density at radius 3 is 2.46 bits per heavy atom. The lowest BCUT2D eigenvalue weighted by Crippen LogP contribution is -2.10. The van der Waals surface area contributed by atoms with Gasteiger partial charge in [0.15, 0.2) is 0 Å². The van der Waals surface area contributed by atoms with Gasteiger partial charge < -0.3 is 0 Å². The molecule has 5 heteroatoms. The van der Waals surface area contributed by atoms with Gasteiger partial charge in [-0.2, -0.15) is 0 Å². The lowest BCUT2D eigenvalue weighted by atomic mass is 10.4. The van der Waals surface area contributed by atoms with Gasteiger partial charge in [0.05, 0.1) is 4.90 Å². The van der Waals surface area contributed by atoms with E-state index in [4.69, 9.17) is 11.6 Å². The smallest absolute Gasteiger partial charge is 0.248 e. The first kappa shape index (κ1) is 10.2. The van der Waals surface area contributed by atoms with E-state index in [1.807, 2.05) is 0 Å². The summed E-state index contributed by atoms with van der Waals surface area (Å²) in [5.41, 5.74) is 0. The zero-order valence-electron chi connectivity index (χ0n) is 6.82. The maximum Gasteiger partial charge on any atom is 0.248 e. The Bertz CT molecular complexity index is 436. The summed E-state index contributed by atoms with van der Waals surface area (Å²) >= 11 is 5.58. The molecule has 0 unspecified atom stereocenters. The molecule has 70 valence electrons. The van der Waals surface area contributed by atoms with Gasteiger partial charge in [0.2, 0.25) is 15.0 Å². The average molecular weight is 219 g/mol. The molecule has 0 radical (unpaired) electrons. The van der Waals surface area contributed by atoms with E-state index in [1.54, 1.807) is 6.07 Å². The molecular formula is C8H7ClO3S. The quantitative estimate of drug-likeness (QED) is 0.721. The molecule has 0 N–H and O–H groups in total. The predicted octanol–water partition coefficient (Wildman–Crippen LogP) is 1.66. The van der Waals surface area contributed by atoms with Gasteiger partial charge in [-0.3, -0.25) is 4.79 Å². The van der Waals surface area contributed by atoms with Crippen molar-refractivity contribution in [1.82, 2.24) is 0 Å². The van der Waals surface area contributed by atoms with Crippen molar-refractivity contribution in [3.05, 3.63) is 29.3 Å². The van der Waals surface area contributed by atoms with Crippen molar-refractivity contribution >= 4 is 26.6 Å². The summed E-state index contributed by atoms with van der Waals surface area (Å²) in [4.78, 5) is 10.7. The molecule has 0 atom stereocenters. The molecule has 0 aliphatic carbocycles. The minimum absolute atomic E-state index is 0.0625. The normalized spacial score (nSPS) is 11.2. The minimum atomic E-state index is -3.82. The molecule has 0 aromatic heterocycles. The molecule has 13 heavy (non-hydrogen) atoms. The van der Waals surface area contributed by atoms with Crippen molar-refractivity contribution in [2.75, 3.05) is 0 Å². The molecule has 0 spiro atoms. The molecule has 0 amide bonds. The monoisotopic (exact) mass is 218 g/mol. The van der Waals surface area contributed by atoms with Crippen LogP contribution in [-0.2, 0) is 14.6 Å². The molecule has 1 aromatic carbocycles. The third-order valence-electron chi connectivity index (χ3n) is 1.48. The van der Waals surface area contributed by atoms with Crippen LogP contribution in [0.5, 0.6) is 0 Å². The number of hydrogen-bond donors (Lipinski definition) is 0. The van der Waals surface area contributed by atoms with E-state index in [-0.39, 0.29) is 4.90 Å². The lowest BCUT2D eigenvalue weighted by Gasteiger charge is -1.99. The first-order chi connectivity index (χ1) is 5.94. The molecule has 0 aliphatic rings. The Labute approximate surface area is 81.3 Å². The van der Waals surface area contributed by atoms with Crippen LogP contribution in [0.1, 0.15) is 6.92 Å². The highest BCUT2D eigenvalue weighted by Gasteiger charge is 2.19. The number of halogens is 1. The molecule has 0 fully saturated rings. The highest BCUT2D eigenvalue weighted by molar-refractivity contribution is 8.06. The molecule has 0 aliphatic heterocycles. The largest absolute Gasteiger partial charge is 0.282 e. The predicted molar refractivity (Wildman–Crippen MR) is 49.3 cm³/mol. The summed E-state index contributed by atoms with van der Waals surface area (Å²) in [5, 5.41) is -0.586. The van der Waals surface area contributed by atoms with E-state index < -0.39 is 15.0 Å². The van der Waals surface area contributed by atoms with Crippen LogP contribution in [0.4, 0.5) is 0 Å². The molecule has 1 rings (SSSR count). The van der Waals surface area contributed by atoms with Crippen molar-refractivity contribution in [2.45, 2.75) is 11.8 Å². The van der Waals surface area contributed by atoms with Crippen LogP contribution in [0.2, 0.25) is 5.02 Å². The van der Waals surface area contributed by atoms with E-state index in [0.29, 0.717) is 5.02 Å². The highest BCUT2D eigenvalue weighted by Crippen LogP contribution is 2.16. The van der Waals surface area contributed by atoms with E-state index in [9.17, 15) is 13.2 Å². The lowest BCUT2D eigenvalue weighted by molar-refractivity contribution is -0.109. The van der Waals surface area contributed by atoms with Crippen LogP contribution in [-0.4, -0.2) is 13.5 Å². The SMILES string of the molecule is CC(=O)S(=O)(=O)c1cccc(Cl)c1. The zero-order valence-corrected chi connectivity index (χ0v) is 8.39. The van der Waals surface area contributed by atoms with Crippen LogP contribution in [0.25, 0.3) is 0 Å². The van der Waals surface area contributed by atoms with Gasteiger partial charge in [0.1, 0.15) is 0 Å². The number of carbonyl (C=O) groups excluding carboxylic acids is 1. The summed E-state index contributed by atoms with van der Waals surface area (Å²) in [7, 11) is -3.82. The van der Waals surface area contributed by atoms with Gasteiger partial charge in [0.25, 0.3) is 0 Å². The Hall–Kier alpha value is -0.870. The van der Waals surface area contributed by atoms with Crippen molar-refractivity contribution < 1.29 is 13.2 Å². The second-order valence-electron chi connectivity index (χ2n) is 2.45. The summed E-state index contributed by atoms with van der Waals surface area (Å²) < 4.78 is 22.6. The van der Waals surface area contributed by atoms with Crippen molar-refractivity contribution in [2.24, 2.45) is 0 Å². The van der Waals surface area contributed by atoms with Gasteiger partial charge in [-0.15, -0.1) is 0 Å². The fourth-order valence-corrected chi connectivity index (χ4v) is 1.93. The first-order valence-corrected chi connectivity index (χ1v) is 5.32. The second kappa shape index (κ2) is 3.47. The highest BCUT2D eigenvalue weighted by atomic mass is 35.5. The Kier molecular flexibility index (Phi) is 2.73. The van der Waals surface area contributed by atoms with Crippen molar-refractivity contribution in [3.63, 3.8) is 0 Å². The topological polar surface area (TPSA) is 51.2 Å².